The summed E-state index contributed by atoms with van der Waals surface area (Å²) in [6.45, 7) is 1.68. The van der Waals surface area contributed by atoms with Gasteiger partial charge in [-0.25, -0.2) is 22.7 Å². The summed E-state index contributed by atoms with van der Waals surface area (Å²) in [6.07, 6.45) is 1.45. The van der Waals surface area contributed by atoms with Gasteiger partial charge in [0.25, 0.3) is 0 Å². The Bertz CT molecular complexity index is 1440. The Balaban J connectivity index is 1.50. The minimum atomic E-state index is -3.87. The van der Waals surface area contributed by atoms with Crippen molar-refractivity contribution in [2.24, 2.45) is 0 Å². The van der Waals surface area contributed by atoms with Gasteiger partial charge >= 0.3 is 11.6 Å². The molecule has 0 fully saturated rings. The van der Waals surface area contributed by atoms with Gasteiger partial charge in [0, 0.05) is 17.0 Å². The van der Waals surface area contributed by atoms with Crippen molar-refractivity contribution in [1.82, 2.24) is 4.72 Å². The smallest absolute Gasteiger partial charge is 0.338 e. The predicted octanol–water partition coefficient (Wildman–Crippen LogP) is 3.53. The molecule has 2 aromatic carbocycles. The fourth-order valence-corrected chi connectivity index (χ4v) is 4.17. The molecule has 0 saturated heterocycles. The highest BCUT2D eigenvalue weighted by molar-refractivity contribution is 7.89. The van der Waals surface area contributed by atoms with Gasteiger partial charge in [-0.3, -0.25) is 0 Å². The maximum atomic E-state index is 12.6. The zero-order valence-electron chi connectivity index (χ0n) is 17.0. The van der Waals surface area contributed by atoms with E-state index in [1.165, 1.54) is 36.6 Å². The normalized spacial score (nSPS) is 11.5. The number of carbonyl (C=O) groups excluding carboxylic acids is 1. The molecule has 0 aliphatic carbocycles. The summed E-state index contributed by atoms with van der Waals surface area (Å²) in [5.41, 5.74) is 1.33. The van der Waals surface area contributed by atoms with Crippen LogP contribution in [0.4, 0.5) is 0 Å². The molecule has 0 bridgehead atoms. The van der Waals surface area contributed by atoms with Crippen LogP contribution in [0.15, 0.2) is 85.5 Å². The number of hydrogen-bond donors (Lipinski definition) is 1. The molecule has 164 valence electrons. The van der Waals surface area contributed by atoms with Crippen LogP contribution in [0.3, 0.4) is 0 Å². The van der Waals surface area contributed by atoms with Crippen LogP contribution in [0.25, 0.3) is 11.0 Å². The Morgan fingerprint density at radius 2 is 1.91 bits per heavy atom. The minimum Gasteiger partial charge on any atom is -0.468 e. The Morgan fingerprint density at radius 3 is 2.69 bits per heavy atom. The number of sulfonamides is 1. The molecular formula is C23H19NO7S. The fraction of sp³-hybridized carbons (Fsp3) is 0.130. The van der Waals surface area contributed by atoms with Gasteiger partial charge in [0.05, 0.1) is 23.3 Å². The van der Waals surface area contributed by atoms with Crippen molar-refractivity contribution < 1.29 is 26.8 Å². The second kappa shape index (κ2) is 8.81. The molecule has 9 heteroatoms. The van der Waals surface area contributed by atoms with Crippen molar-refractivity contribution in [2.45, 2.75) is 25.0 Å². The molecule has 0 aliphatic rings. The van der Waals surface area contributed by atoms with Crippen molar-refractivity contribution in [3.63, 3.8) is 0 Å². The molecule has 4 aromatic rings. The van der Waals surface area contributed by atoms with Crippen molar-refractivity contribution in [3.8, 4) is 0 Å². The first-order chi connectivity index (χ1) is 15.3. The van der Waals surface area contributed by atoms with Gasteiger partial charge in [-0.05, 0) is 48.9 Å². The lowest BCUT2D eigenvalue weighted by Crippen LogP contribution is -2.23. The number of furan rings is 1. The van der Waals surface area contributed by atoms with Crippen LogP contribution in [0.1, 0.15) is 27.2 Å². The van der Waals surface area contributed by atoms with E-state index in [0.29, 0.717) is 22.3 Å². The molecule has 0 amide bonds. The third-order valence-corrected chi connectivity index (χ3v) is 6.14. The summed E-state index contributed by atoms with van der Waals surface area (Å²) < 4.78 is 43.2. The van der Waals surface area contributed by atoms with E-state index < -0.39 is 21.6 Å². The first-order valence-electron chi connectivity index (χ1n) is 9.64. The maximum Gasteiger partial charge on any atom is 0.338 e. The van der Waals surface area contributed by atoms with Gasteiger partial charge in [0.15, 0.2) is 0 Å². The molecule has 0 atom stereocenters. The third kappa shape index (κ3) is 4.79. The Hall–Kier alpha value is -3.69. The number of hydrogen-bond acceptors (Lipinski definition) is 7. The highest BCUT2D eigenvalue weighted by atomic mass is 32.2. The van der Waals surface area contributed by atoms with E-state index in [-0.39, 0.29) is 23.6 Å². The monoisotopic (exact) mass is 453 g/mol. The van der Waals surface area contributed by atoms with Gasteiger partial charge in [0.2, 0.25) is 10.0 Å². The molecule has 0 aliphatic heterocycles. The zero-order valence-corrected chi connectivity index (χ0v) is 17.8. The van der Waals surface area contributed by atoms with E-state index in [1.807, 2.05) is 13.0 Å². The number of nitrogens with one attached hydrogen (secondary N) is 1. The minimum absolute atomic E-state index is 0.0207. The molecule has 0 spiro atoms. The molecule has 0 unspecified atom stereocenters. The SMILES string of the molecule is Cc1ccc2c(COC(=O)c3cccc(S(=O)(=O)NCc4ccco4)c3)cc(=O)oc2c1. The molecule has 0 saturated carbocycles. The summed E-state index contributed by atoms with van der Waals surface area (Å²) in [5, 5.41) is 0.654. The zero-order chi connectivity index (χ0) is 22.7. The topological polar surface area (TPSA) is 116 Å². The lowest BCUT2D eigenvalue weighted by molar-refractivity contribution is 0.0473. The van der Waals surface area contributed by atoms with E-state index in [0.717, 1.165) is 5.56 Å². The predicted molar refractivity (Wildman–Crippen MR) is 116 cm³/mol. The maximum absolute atomic E-state index is 12.6. The highest BCUT2D eigenvalue weighted by Crippen LogP contribution is 2.20. The van der Waals surface area contributed by atoms with Crippen LogP contribution in [-0.4, -0.2) is 14.4 Å². The average molecular weight is 453 g/mol. The molecule has 0 radical (unpaired) electrons. The largest absolute Gasteiger partial charge is 0.468 e. The van der Waals surface area contributed by atoms with Crippen LogP contribution in [0.5, 0.6) is 0 Å². The molecule has 32 heavy (non-hydrogen) atoms. The Kier molecular flexibility index (Phi) is 5.93. The summed E-state index contributed by atoms with van der Waals surface area (Å²) in [4.78, 5) is 24.3. The van der Waals surface area contributed by atoms with Crippen LogP contribution in [0.2, 0.25) is 0 Å². The summed E-state index contributed by atoms with van der Waals surface area (Å²) >= 11 is 0. The van der Waals surface area contributed by atoms with Crippen LogP contribution in [0, 0.1) is 6.92 Å². The second-order valence-electron chi connectivity index (χ2n) is 7.10. The van der Waals surface area contributed by atoms with Crippen molar-refractivity contribution in [1.29, 1.82) is 0 Å². The lowest BCUT2D eigenvalue weighted by atomic mass is 10.1. The first-order valence-corrected chi connectivity index (χ1v) is 11.1. The van der Waals surface area contributed by atoms with Crippen LogP contribution < -0.4 is 10.3 Å². The Morgan fingerprint density at radius 1 is 1.06 bits per heavy atom. The fourth-order valence-electron chi connectivity index (χ4n) is 3.14. The van der Waals surface area contributed by atoms with E-state index in [4.69, 9.17) is 13.6 Å². The highest BCUT2D eigenvalue weighted by Gasteiger charge is 2.18. The summed E-state index contributed by atoms with van der Waals surface area (Å²) in [6, 6.07) is 15.4. The molecular weight excluding hydrogens is 434 g/mol. The molecule has 4 rings (SSSR count). The van der Waals surface area contributed by atoms with Gasteiger partial charge in [-0.1, -0.05) is 18.2 Å². The van der Waals surface area contributed by atoms with Crippen molar-refractivity contribution in [2.75, 3.05) is 0 Å². The van der Waals surface area contributed by atoms with E-state index in [2.05, 4.69) is 4.72 Å². The number of benzene rings is 2. The molecule has 8 nitrogen and oxygen atoms in total. The number of aryl methyl sites for hydroxylation is 1. The number of ether oxygens (including phenoxy) is 1. The number of carbonyl (C=O) groups is 1. The van der Waals surface area contributed by atoms with Gasteiger partial charge < -0.3 is 13.6 Å². The van der Waals surface area contributed by atoms with Gasteiger partial charge in [0.1, 0.15) is 18.0 Å². The molecule has 1 N–H and O–H groups in total. The average Bonchev–Trinajstić information content (AvgIpc) is 3.29. The lowest BCUT2D eigenvalue weighted by Gasteiger charge is -2.09. The number of esters is 1. The van der Waals surface area contributed by atoms with Crippen LogP contribution in [-0.2, 0) is 27.9 Å². The van der Waals surface area contributed by atoms with Crippen molar-refractivity contribution >= 4 is 27.0 Å². The van der Waals surface area contributed by atoms with Crippen molar-refractivity contribution in [3.05, 3.63) is 99.8 Å². The number of rotatable bonds is 7. The molecule has 2 heterocycles. The third-order valence-electron chi connectivity index (χ3n) is 4.74. The standard InChI is InChI=1S/C23H19NO7S/c1-15-7-8-20-17(12-22(25)31-21(20)10-15)14-30-23(26)16-4-2-6-19(11-16)32(27,28)24-13-18-5-3-9-29-18/h2-12,24H,13-14H2,1H3. The van der Waals surface area contributed by atoms with Crippen LogP contribution >= 0.6 is 0 Å². The first kappa shape index (κ1) is 21.5. The summed E-state index contributed by atoms with van der Waals surface area (Å²) in [7, 11) is -3.87. The Labute approximate surface area is 183 Å². The second-order valence-corrected chi connectivity index (χ2v) is 8.87. The molecule has 2 aromatic heterocycles. The van der Waals surface area contributed by atoms with E-state index in [9.17, 15) is 18.0 Å². The van der Waals surface area contributed by atoms with E-state index >= 15 is 0 Å². The van der Waals surface area contributed by atoms with Gasteiger partial charge in [-0.2, -0.15) is 0 Å². The quantitative estimate of drug-likeness (QED) is 0.336. The summed E-state index contributed by atoms with van der Waals surface area (Å²) in [5.74, 6) is -0.263. The van der Waals surface area contributed by atoms with Gasteiger partial charge in [-0.15, -0.1) is 0 Å². The van der Waals surface area contributed by atoms with E-state index in [1.54, 1.807) is 24.3 Å². The number of fused-ring (bicyclic) bond motifs is 1.